The van der Waals surface area contributed by atoms with Gasteiger partial charge in [-0.1, -0.05) is 30.3 Å². The van der Waals surface area contributed by atoms with E-state index < -0.39 is 16.4 Å². The molecular weight excluding hydrogens is 184 g/mol. The summed E-state index contributed by atoms with van der Waals surface area (Å²) in [5.74, 6) is -0.692. The number of ketones is 1. The number of Topliss-reactive ketones (excluding diaryl/α,β-unsaturated/α-hetero) is 1. The van der Waals surface area contributed by atoms with E-state index in [1.807, 2.05) is 0 Å². The van der Waals surface area contributed by atoms with E-state index in [1.165, 1.54) is 12.1 Å². The molecule has 0 aliphatic carbocycles. The molecule has 0 aromatic heterocycles. The number of nitrogens with zero attached hydrogens (tertiary/aromatic N) is 1. The van der Waals surface area contributed by atoms with E-state index in [0.717, 1.165) is 6.92 Å². The topological polar surface area (TPSA) is 86.2 Å². The molecule has 0 amide bonds. The maximum Gasteiger partial charge on any atom is 0.332 e. The Bertz CT molecular complexity index is 360. The number of rotatable bonds is 3. The van der Waals surface area contributed by atoms with Gasteiger partial charge in [0.05, 0.1) is 4.92 Å². The molecule has 1 aromatic rings. The molecule has 5 nitrogen and oxygen atoms in total. The molecule has 0 saturated carbocycles. The minimum absolute atomic E-state index is 0.245. The molecule has 0 aliphatic heterocycles. The van der Waals surface area contributed by atoms with Crippen molar-refractivity contribution < 1.29 is 9.72 Å². The van der Waals surface area contributed by atoms with Crippen LogP contribution in [0.2, 0.25) is 0 Å². The van der Waals surface area contributed by atoms with Crippen LogP contribution in [0, 0.1) is 10.1 Å². The van der Waals surface area contributed by atoms with Crippen molar-refractivity contribution in [1.82, 2.24) is 0 Å². The van der Waals surface area contributed by atoms with Gasteiger partial charge in [0.25, 0.3) is 5.78 Å². The molecule has 0 heterocycles. The second-order valence-corrected chi connectivity index (χ2v) is 3.10. The van der Waals surface area contributed by atoms with Crippen LogP contribution >= 0.6 is 0 Å². The highest BCUT2D eigenvalue weighted by atomic mass is 16.6. The van der Waals surface area contributed by atoms with Gasteiger partial charge < -0.3 is 0 Å². The van der Waals surface area contributed by atoms with Crippen molar-refractivity contribution >= 4 is 5.78 Å². The molecule has 0 fully saturated rings. The van der Waals surface area contributed by atoms with Crippen LogP contribution in [0.1, 0.15) is 17.3 Å². The Morgan fingerprint density at radius 2 is 1.93 bits per heavy atom. The van der Waals surface area contributed by atoms with Gasteiger partial charge in [0.15, 0.2) is 0 Å². The summed E-state index contributed by atoms with van der Waals surface area (Å²) in [6.07, 6.45) is 0. The first kappa shape index (κ1) is 10.3. The fourth-order valence-electron chi connectivity index (χ4n) is 0.965. The number of nitrogens with two attached hydrogens (primary N) is 1. The van der Waals surface area contributed by atoms with E-state index >= 15 is 0 Å². The lowest BCUT2D eigenvalue weighted by Crippen LogP contribution is -2.51. The van der Waals surface area contributed by atoms with Crippen LogP contribution in [0.4, 0.5) is 0 Å². The Labute approximate surface area is 80.7 Å². The summed E-state index contributed by atoms with van der Waals surface area (Å²) in [6, 6.07) is 7.97. The van der Waals surface area contributed by atoms with Crippen molar-refractivity contribution in [3.05, 3.63) is 46.0 Å². The van der Waals surface area contributed by atoms with E-state index in [1.54, 1.807) is 18.2 Å². The van der Waals surface area contributed by atoms with Gasteiger partial charge in [-0.05, 0) is 0 Å². The van der Waals surface area contributed by atoms with E-state index in [-0.39, 0.29) is 5.56 Å². The Morgan fingerprint density at radius 3 is 2.36 bits per heavy atom. The third kappa shape index (κ3) is 1.77. The Morgan fingerprint density at radius 1 is 1.43 bits per heavy atom. The first-order chi connectivity index (χ1) is 6.46. The van der Waals surface area contributed by atoms with Gasteiger partial charge >= 0.3 is 5.66 Å². The van der Waals surface area contributed by atoms with Gasteiger partial charge in [-0.3, -0.25) is 20.6 Å². The number of hydrogen-bond donors (Lipinski definition) is 1. The average molecular weight is 194 g/mol. The van der Waals surface area contributed by atoms with Crippen LogP contribution in [-0.2, 0) is 0 Å². The lowest BCUT2D eigenvalue weighted by molar-refractivity contribution is -0.544. The maximum absolute atomic E-state index is 11.5. The fourth-order valence-corrected chi connectivity index (χ4v) is 0.965. The molecule has 0 saturated heterocycles. The first-order valence-electron chi connectivity index (χ1n) is 3.99. The summed E-state index contributed by atoms with van der Waals surface area (Å²) in [5, 5.41) is 10.5. The number of carbonyl (C=O) groups is 1. The fraction of sp³-hybridized carbons (Fsp3) is 0.222. The second-order valence-electron chi connectivity index (χ2n) is 3.10. The van der Waals surface area contributed by atoms with Crippen molar-refractivity contribution in [1.29, 1.82) is 0 Å². The zero-order valence-electron chi connectivity index (χ0n) is 7.64. The summed E-state index contributed by atoms with van der Waals surface area (Å²) < 4.78 is 0. The summed E-state index contributed by atoms with van der Waals surface area (Å²) in [4.78, 5) is 21.2. The zero-order chi connectivity index (χ0) is 10.8. The van der Waals surface area contributed by atoms with Crippen LogP contribution in [-0.4, -0.2) is 16.4 Å². The van der Waals surface area contributed by atoms with Crippen LogP contribution in [0.15, 0.2) is 30.3 Å². The molecule has 1 rings (SSSR count). The zero-order valence-corrected chi connectivity index (χ0v) is 7.64. The quantitative estimate of drug-likeness (QED) is 0.334. The smallest absolute Gasteiger partial charge is 0.284 e. The molecule has 1 aromatic carbocycles. The van der Waals surface area contributed by atoms with Crippen molar-refractivity contribution in [2.45, 2.75) is 12.6 Å². The summed E-state index contributed by atoms with van der Waals surface area (Å²) in [7, 11) is 0. The Hall–Kier alpha value is -1.75. The Balaban J connectivity index is 3.03. The van der Waals surface area contributed by atoms with E-state index in [9.17, 15) is 14.9 Å². The highest BCUT2D eigenvalue weighted by molar-refractivity contribution is 6.01. The van der Waals surface area contributed by atoms with E-state index in [4.69, 9.17) is 5.73 Å². The van der Waals surface area contributed by atoms with Crippen molar-refractivity contribution in [2.24, 2.45) is 5.73 Å². The van der Waals surface area contributed by atoms with Crippen LogP contribution in [0.3, 0.4) is 0 Å². The summed E-state index contributed by atoms with van der Waals surface area (Å²) in [6.45, 7) is 1.09. The van der Waals surface area contributed by atoms with Crippen LogP contribution in [0.5, 0.6) is 0 Å². The third-order valence-corrected chi connectivity index (χ3v) is 1.87. The van der Waals surface area contributed by atoms with Gasteiger partial charge in [-0.15, -0.1) is 0 Å². The lowest BCUT2D eigenvalue weighted by Gasteiger charge is -2.13. The molecule has 1 atom stereocenters. The standard InChI is InChI=1S/C9H10N2O3/c1-9(10,11(13)14)8(12)7-5-3-2-4-6-7/h2-6H,10H2,1H3. The first-order valence-corrected chi connectivity index (χ1v) is 3.99. The SMILES string of the molecule is CC(N)(C(=O)c1ccccc1)[N+](=O)[O-]. The molecule has 1 unspecified atom stereocenters. The predicted molar refractivity (Wildman–Crippen MR) is 50.4 cm³/mol. The number of carbonyl (C=O) groups excluding carboxylic acids is 1. The largest absolute Gasteiger partial charge is 0.332 e. The molecule has 0 bridgehead atoms. The lowest BCUT2D eigenvalue weighted by atomic mass is 10.0. The van der Waals surface area contributed by atoms with Gasteiger partial charge in [0, 0.05) is 12.5 Å². The number of nitro groups is 1. The highest BCUT2D eigenvalue weighted by Gasteiger charge is 2.41. The van der Waals surface area contributed by atoms with Crippen molar-refractivity contribution in [3.8, 4) is 0 Å². The highest BCUT2D eigenvalue weighted by Crippen LogP contribution is 2.10. The van der Waals surface area contributed by atoms with E-state index in [2.05, 4.69) is 0 Å². The van der Waals surface area contributed by atoms with Gasteiger partial charge in [0.2, 0.25) is 0 Å². The van der Waals surface area contributed by atoms with Crippen molar-refractivity contribution in [2.75, 3.05) is 0 Å². The van der Waals surface area contributed by atoms with Crippen LogP contribution in [0.25, 0.3) is 0 Å². The molecule has 0 radical (unpaired) electrons. The minimum atomic E-state index is -2.05. The monoisotopic (exact) mass is 194 g/mol. The second kappa shape index (κ2) is 3.55. The molecular formula is C9H10N2O3. The molecule has 74 valence electrons. The summed E-state index contributed by atoms with van der Waals surface area (Å²) >= 11 is 0. The van der Waals surface area contributed by atoms with Gasteiger partial charge in [-0.2, -0.15) is 0 Å². The number of benzene rings is 1. The minimum Gasteiger partial charge on any atom is -0.284 e. The predicted octanol–water partition coefficient (Wildman–Crippen LogP) is 0.821. The normalized spacial score (nSPS) is 14.4. The maximum atomic E-state index is 11.5. The Kier molecular flexibility index (Phi) is 2.62. The summed E-state index contributed by atoms with van der Waals surface area (Å²) in [5.41, 5.74) is 3.48. The van der Waals surface area contributed by atoms with Crippen LogP contribution < -0.4 is 5.73 Å². The average Bonchev–Trinajstić information content (AvgIpc) is 2.17. The molecule has 14 heavy (non-hydrogen) atoms. The van der Waals surface area contributed by atoms with Gasteiger partial charge in [0.1, 0.15) is 0 Å². The molecule has 0 aliphatic rings. The molecule has 5 heteroatoms. The molecule has 0 spiro atoms. The van der Waals surface area contributed by atoms with E-state index in [0.29, 0.717) is 0 Å². The van der Waals surface area contributed by atoms with Crippen molar-refractivity contribution in [3.63, 3.8) is 0 Å². The molecule has 2 N–H and O–H groups in total. The third-order valence-electron chi connectivity index (χ3n) is 1.87. The van der Waals surface area contributed by atoms with Gasteiger partial charge in [-0.25, -0.2) is 0 Å². The number of hydrogen-bond acceptors (Lipinski definition) is 4.